The predicted octanol–water partition coefficient (Wildman–Crippen LogP) is 4.77. The van der Waals surface area contributed by atoms with Crippen molar-refractivity contribution in [3.8, 4) is 10.6 Å². The third-order valence-electron chi connectivity index (χ3n) is 3.63. The maximum Gasteiger partial charge on any atom is 0.433 e. The largest absolute Gasteiger partial charge is 0.433 e. The zero-order valence-electron chi connectivity index (χ0n) is 13.6. The van der Waals surface area contributed by atoms with E-state index in [2.05, 4.69) is 31.3 Å². The summed E-state index contributed by atoms with van der Waals surface area (Å²) < 4.78 is 41.4. The minimum absolute atomic E-state index is 0.0520. The average Bonchev–Trinajstić information content (AvgIpc) is 3.22. The lowest BCUT2D eigenvalue weighted by Crippen LogP contribution is -2.25. The molecule has 0 unspecified atom stereocenters. The van der Waals surface area contributed by atoms with Crippen LogP contribution in [0.2, 0.25) is 0 Å². The Morgan fingerprint density at radius 2 is 2.19 bits per heavy atom. The Balaban J connectivity index is 2.14. The number of rotatable bonds is 5. The molecule has 0 aromatic carbocycles. The fourth-order valence-corrected chi connectivity index (χ4v) is 3.55. The fourth-order valence-electron chi connectivity index (χ4n) is 2.35. The van der Waals surface area contributed by atoms with E-state index in [4.69, 9.17) is 0 Å². The first-order chi connectivity index (χ1) is 12.3. The van der Waals surface area contributed by atoms with Gasteiger partial charge in [-0.25, -0.2) is 9.50 Å². The monoisotopic (exact) mass is 446 g/mol. The van der Waals surface area contributed by atoms with Gasteiger partial charge < -0.3 is 5.32 Å². The first-order valence-electron chi connectivity index (χ1n) is 7.81. The second-order valence-corrected chi connectivity index (χ2v) is 7.25. The summed E-state index contributed by atoms with van der Waals surface area (Å²) in [6, 6.07) is 4.36. The minimum Gasteiger partial charge on any atom is -0.351 e. The maximum absolute atomic E-state index is 13.5. The molecule has 10 heteroatoms. The van der Waals surface area contributed by atoms with Gasteiger partial charge in [0, 0.05) is 6.54 Å². The Kier molecular flexibility index (Phi) is 5.33. The summed E-state index contributed by atoms with van der Waals surface area (Å²) in [6.45, 7) is 2.40. The van der Waals surface area contributed by atoms with Crippen LogP contribution in [-0.2, 0) is 6.18 Å². The van der Waals surface area contributed by atoms with Crippen molar-refractivity contribution in [1.82, 2.24) is 19.9 Å². The SMILES string of the molecule is CCCCNC(=O)c1nn2c(C(F)(F)F)cc(-c3cccs3)nc2c1Br. The molecule has 0 bridgehead atoms. The van der Waals surface area contributed by atoms with E-state index in [0.717, 1.165) is 18.9 Å². The summed E-state index contributed by atoms with van der Waals surface area (Å²) >= 11 is 4.47. The third-order valence-corrected chi connectivity index (χ3v) is 5.25. The average molecular weight is 447 g/mol. The van der Waals surface area contributed by atoms with E-state index in [9.17, 15) is 18.0 Å². The molecule has 0 saturated carbocycles. The smallest absolute Gasteiger partial charge is 0.351 e. The number of carbonyl (C=O) groups is 1. The number of hydrogen-bond acceptors (Lipinski definition) is 4. The number of alkyl halides is 3. The van der Waals surface area contributed by atoms with Crippen LogP contribution in [0.5, 0.6) is 0 Å². The first-order valence-corrected chi connectivity index (χ1v) is 9.48. The lowest BCUT2D eigenvalue weighted by atomic mass is 10.2. The van der Waals surface area contributed by atoms with Crippen molar-refractivity contribution in [2.75, 3.05) is 6.54 Å². The van der Waals surface area contributed by atoms with Crippen molar-refractivity contribution in [2.45, 2.75) is 25.9 Å². The molecule has 3 aromatic heterocycles. The summed E-state index contributed by atoms with van der Waals surface area (Å²) in [6.07, 6.45) is -2.99. The van der Waals surface area contributed by atoms with Crippen LogP contribution in [-0.4, -0.2) is 27.0 Å². The molecule has 0 aliphatic heterocycles. The summed E-state index contributed by atoms with van der Waals surface area (Å²) in [4.78, 5) is 17.1. The van der Waals surface area contributed by atoms with Gasteiger partial charge in [-0.1, -0.05) is 19.4 Å². The molecule has 3 rings (SSSR count). The van der Waals surface area contributed by atoms with E-state index < -0.39 is 17.8 Å². The van der Waals surface area contributed by atoms with Crippen molar-refractivity contribution in [3.05, 3.63) is 39.4 Å². The maximum atomic E-state index is 13.5. The quantitative estimate of drug-likeness (QED) is 0.574. The molecule has 0 saturated heterocycles. The van der Waals surface area contributed by atoms with Crippen molar-refractivity contribution in [1.29, 1.82) is 0 Å². The van der Waals surface area contributed by atoms with Gasteiger partial charge in [0.1, 0.15) is 0 Å². The fraction of sp³-hybridized carbons (Fsp3) is 0.312. The molecule has 1 N–H and O–H groups in total. The molecule has 138 valence electrons. The Labute approximate surface area is 159 Å². The number of carbonyl (C=O) groups excluding carboxylic acids is 1. The first kappa shape index (κ1) is 18.8. The van der Waals surface area contributed by atoms with Gasteiger partial charge >= 0.3 is 6.18 Å². The number of amides is 1. The summed E-state index contributed by atoms with van der Waals surface area (Å²) in [5.74, 6) is -0.540. The van der Waals surface area contributed by atoms with Crippen LogP contribution in [0.1, 0.15) is 35.9 Å². The second-order valence-electron chi connectivity index (χ2n) is 5.51. The highest BCUT2D eigenvalue weighted by Gasteiger charge is 2.36. The number of thiophene rings is 1. The van der Waals surface area contributed by atoms with Crippen molar-refractivity contribution in [2.24, 2.45) is 0 Å². The zero-order valence-corrected chi connectivity index (χ0v) is 16.0. The summed E-state index contributed by atoms with van der Waals surface area (Å²) in [7, 11) is 0. The molecule has 0 radical (unpaired) electrons. The van der Waals surface area contributed by atoms with Gasteiger partial charge in [0.15, 0.2) is 17.0 Å². The number of halogens is 4. The van der Waals surface area contributed by atoms with Crippen molar-refractivity contribution >= 4 is 38.8 Å². The second kappa shape index (κ2) is 7.36. The van der Waals surface area contributed by atoms with Gasteiger partial charge in [0.05, 0.1) is 15.0 Å². The Hall–Kier alpha value is -1.94. The number of hydrogen-bond donors (Lipinski definition) is 1. The van der Waals surface area contributed by atoms with E-state index in [0.29, 0.717) is 15.9 Å². The summed E-state index contributed by atoms with van der Waals surface area (Å²) in [5.41, 5.74) is -0.983. The van der Waals surface area contributed by atoms with Gasteiger partial charge in [0.2, 0.25) is 0 Å². The van der Waals surface area contributed by atoms with Crippen LogP contribution in [0.3, 0.4) is 0 Å². The van der Waals surface area contributed by atoms with Crippen LogP contribution in [0, 0.1) is 0 Å². The lowest BCUT2D eigenvalue weighted by Gasteiger charge is -2.10. The van der Waals surface area contributed by atoms with E-state index in [-0.39, 0.29) is 21.5 Å². The number of nitrogens with one attached hydrogen (secondary N) is 1. The third kappa shape index (κ3) is 3.61. The molecular formula is C16H14BrF3N4OS. The minimum atomic E-state index is -4.64. The highest BCUT2D eigenvalue weighted by atomic mass is 79.9. The van der Waals surface area contributed by atoms with E-state index in [1.807, 2.05) is 6.92 Å². The van der Waals surface area contributed by atoms with E-state index >= 15 is 0 Å². The molecule has 0 spiro atoms. The van der Waals surface area contributed by atoms with Gasteiger partial charge in [-0.05, 0) is 39.9 Å². The highest BCUT2D eigenvalue weighted by molar-refractivity contribution is 9.10. The van der Waals surface area contributed by atoms with Gasteiger partial charge in [-0.15, -0.1) is 11.3 Å². The lowest BCUT2D eigenvalue weighted by molar-refractivity contribution is -0.142. The van der Waals surface area contributed by atoms with Gasteiger partial charge in [0.25, 0.3) is 5.91 Å². The molecule has 1 amide bonds. The number of unbranched alkanes of at least 4 members (excludes halogenated alkanes) is 1. The van der Waals surface area contributed by atoms with Gasteiger partial charge in [-0.2, -0.15) is 18.3 Å². The van der Waals surface area contributed by atoms with Crippen LogP contribution in [0.25, 0.3) is 16.2 Å². The molecule has 26 heavy (non-hydrogen) atoms. The topological polar surface area (TPSA) is 59.3 Å². The number of fused-ring (bicyclic) bond motifs is 1. The molecule has 3 heterocycles. The molecule has 0 aliphatic rings. The molecule has 0 atom stereocenters. The standard InChI is InChI=1S/C16H14BrF3N4OS/c1-2-3-6-21-15(25)13-12(17)14-22-9(10-5-4-7-26-10)8-11(16(18,19)20)24(14)23-13/h4-5,7-8H,2-3,6H2,1H3,(H,21,25). The predicted molar refractivity (Wildman–Crippen MR) is 96.2 cm³/mol. The van der Waals surface area contributed by atoms with Crippen molar-refractivity contribution < 1.29 is 18.0 Å². The van der Waals surface area contributed by atoms with Crippen molar-refractivity contribution in [3.63, 3.8) is 0 Å². The molecule has 0 fully saturated rings. The Morgan fingerprint density at radius 1 is 1.42 bits per heavy atom. The number of nitrogens with zero attached hydrogens (tertiary/aromatic N) is 3. The molecule has 5 nitrogen and oxygen atoms in total. The summed E-state index contributed by atoms with van der Waals surface area (Å²) in [5, 5.41) is 8.27. The zero-order chi connectivity index (χ0) is 18.9. The van der Waals surface area contributed by atoms with Gasteiger partial charge in [-0.3, -0.25) is 4.79 Å². The Bertz CT molecular complexity index is 937. The molecular weight excluding hydrogens is 433 g/mol. The number of aromatic nitrogens is 3. The molecule has 3 aromatic rings. The van der Waals surface area contributed by atoms with Crippen LogP contribution >= 0.6 is 27.3 Å². The van der Waals surface area contributed by atoms with E-state index in [1.54, 1.807) is 17.5 Å². The van der Waals surface area contributed by atoms with Crippen LogP contribution < -0.4 is 5.32 Å². The normalized spacial score (nSPS) is 11.9. The van der Waals surface area contributed by atoms with E-state index in [1.165, 1.54) is 11.3 Å². The van der Waals surface area contributed by atoms with Crippen LogP contribution in [0.4, 0.5) is 13.2 Å². The molecule has 0 aliphatic carbocycles. The highest BCUT2D eigenvalue weighted by Crippen LogP contribution is 2.35. The Morgan fingerprint density at radius 3 is 2.81 bits per heavy atom. The van der Waals surface area contributed by atoms with Crippen LogP contribution in [0.15, 0.2) is 28.1 Å².